The van der Waals surface area contributed by atoms with Crippen LogP contribution in [0.5, 0.6) is 0 Å². The molecule has 0 radical (unpaired) electrons. The van der Waals surface area contributed by atoms with Gasteiger partial charge in [0.1, 0.15) is 0 Å². The summed E-state index contributed by atoms with van der Waals surface area (Å²) in [5, 5.41) is 11.2. The minimum Gasteiger partial charge on any atom is -0.396 e. The number of hydrogen-bond donors (Lipinski definition) is 2. The summed E-state index contributed by atoms with van der Waals surface area (Å²) in [5.41, 5.74) is -1.13. The van der Waals surface area contributed by atoms with E-state index in [1.54, 1.807) is 0 Å². The van der Waals surface area contributed by atoms with E-state index in [1.807, 2.05) is 6.92 Å². The third-order valence-corrected chi connectivity index (χ3v) is 3.13. The monoisotopic (exact) mass is 318 g/mol. The van der Waals surface area contributed by atoms with Crippen molar-refractivity contribution in [2.45, 2.75) is 32.4 Å². The number of aliphatic hydroxyl groups is 1. The Hall–Kier alpha value is -1.76. The fourth-order valence-corrected chi connectivity index (χ4v) is 1.96. The number of carbonyl (C=O) groups is 1. The number of anilines is 1. The number of urea groups is 1. The van der Waals surface area contributed by atoms with E-state index < -0.39 is 17.8 Å². The molecule has 0 aliphatic rings. The largest absolute Gasteiger partial charge is 0.418 e. The number of nitrogens with zero attached hydrogens (tertiary/aromatic N) is 1. The van der Waals surface area contributed by atoms with E-state index in [1.165, 1.54) is 23.1 Å². The number of rotatable bonds is 7. The van der Waals surface area contributed by atoms with Crippen molar-refractivity contribution < 1.29 is 23.1 Å². The van der Waals surface area contributed by atoms with Gasteiger partial charge in [-0.15, -0.1) is 0 Å². The van der Waals surface area contributed by atoms with Gasteiger partial charge in [-0.2, -0.15) is 13.2 Å². The first-order chi connectivity index (χ1) is 10.4. The molecule has 0 aromatic heterocycles. The summed E-state index contributed by atoms with van der Waals surface area (Å²) in [4.78, 5) is 13.6. The summed E-state index contributed by atoms with van der Waals surface area (Å²) >= 11 is 0. The summed E-state index contributed by atoms with van der Waals surface area (Å²) in [6.45, 7) is 2.63. The number of unbranched alkanes of at least 4 members (excludes halogenated alkanes) is 1. The number of nitrogens with one attached hydrogen (secondary N) is 1. The van der Waals surface area contributed by atoms with Crippen LogP contribution >= 0.6 is 0 Å². The highest BCUT2D eigenvalue weighted by Gasteiger charge is 2.33. The molecule has 0 atom stereocenters. The van der Waals surface area contributed by atoms with E-state index in [-0.39, 0.29) is 12.3 Å². The Bertz CT molecular complexity index is 470. The third-order valence-electron chi connectivity index (χ3n) is 3.13. The zero-order valence-corrected chi connectivity index (χ0v) is 12.5. The highest BCUT2D eigenvalue weighted by molar-refractivity contribution is 5.90. The van der Waals surface area contributed by atoms with Crippen molar-refractivity contribution in [3.63, 3.8) is 0 Å². The molecule has 0 heterocycles. The molecule has 0 spiro atoms. The topological polar surface area (TPSA) is 52.6 Å². The van der Waals surface area contributed by atoms with Gasteiger partial charge < -0.3 is 15.3 Å². The molecule has 7 heteroatoms. The van der Waals surface area contributed by atoms with E-state index in [9.17, 15) is 18.0 Å². The molecule has 2 N–H and O–H groups in total. The second-order valence-electron chi connectivity index (χ2n) is 4.89. The lowest BCUT2D eigenvalue weighted by Gasteiger charge is -2.23. The predicted octanol–water partition coefficient (Wildman–Crippen LogP) is 3.72. The number of benzene rings is 1. The summed E-state index contributed by atoms with van der Waals surface area (Å²) in [5.74, 6) is 0. The lowest BCUT2D eigenvalue weighted by Crippen LogP contribution is -2.37. The molecular formula is C15H21F3N2O2. The molecule has 4 nitrogen and oxygen atoms in total. The molecule has 1 aromatic rings. The Morgan fingerprint density at radius 2 is 1.86 bits per heavy atom. The number of alkyl halides is 3. The smallest absolute Gasteiger partial charge is 0.396 e. The second-order valence-corrected chi connectivity index (χ2v) is 4.89. The van der Waals surface area contributed by atoms with Gasteiger partial charge in [0.15, 0.2) is 0 Å². The number of carbonyl (C=O) groups excluding carboxylic acids is 1. The number of halogens is 3. The minimum atomic E-state index is -4.52. The Balaban J connectivity index is 2.84. The van der Waals surface area contributed by atoms with Crippen LogP contribution in [-0.2, 0) is 6.18 Å². The predicted molar refractivity (Wildman–Crippen MR) is 78.6 cm³/mol. The minimum absolute atomic E-state index is 0.0744. The Morgan fingerprint density at radius 1 is 1.23 bits per heavy atom. The number of aliphatic hydroxyl groups excluding tert-OH is 1. The van der Waals surface area contributed by atoms with Crippen LogP contribution in [0.1, 0.15) is 31.7 Å². The normalized spacial score (nSPS) is 11.3. The lowest BCUT2D eigenvalue weighted by molar-refractivity contribution is -0.136. The lowest BCUT2D eigenvalue weighted by atomic mass is 10.1. The van der Waals surface area contributed by atoms with Gasteiger partial charge in [-0.25, -0.2) is 4.79 Å². The van der Waals surface area contributed by atoms with Crippen molar-refractivity contribution in [1.29, 1.82) is 0 Å². The highest BCUT2D eigenvalue weighted by Crippen LogP contribution is 2.34. The van der Waals surface area contributed by atoms with Crippen LogP contribution in [0.2, 0.25) is 0 Å². The molecule has 1 aromatic carbocycles. The molecule has 0 aliphatic heterocycles. The molecule has 0 fully saturated rings. The first-order valence-electron chi connectivity index (χ1n) is 7.23. The summed E-state index contributed by atoms with van der Waals surface area (Å²) < 4.78 is 38.7. The first kappa shape index (κ1) is 18.3. The van der Waals surface area contributed by atoms with Crippen molar-refractivity contribution >= 4 is 11.7 Å². The van der Waals surface area contributed by atoms with E-state index in [4.69, 9.17) is 5.11 Å². The Kier molecular flexibility index (Phi) is 7.17. The van der Waals surface area contributed by atoms with Gasteiger partial charge in [-0.1, -0.05) is 25.5 Å². The first-order valence-corrected chi connectivity index (χ1v) is 7.23. The molecule has 0 unspecified atom stereocenters. The van der Waals surface area contributed by atoms with E-state index in [0.717, 1.165) is 18.9 Å². The summed E-state index contributed by atoms with van der Waals surface area (Å²) in [6.07, 6.45) is -2.52. The van der Waals surface area contributed by atoms with Gasteiger partial charge in [-0.3, -0.25) is 0 Å². The SMILES string of the molecule is CCCCN(CCCO)C(=O)Nc1ccccc1C(F)(F)F. The van der Waals surface area contributed by atoms with Gasteiger partial charge in [0.2, 0.25) is 0 Å². The van der Waals surface area contributed by atoms with Crippen LogP contribution in [0.3, 0.4) is 0 Å². The van der Waals surface area contributed by atoms with E-state index in [2.05, 4.69) is 5.32 Å². The van der Waals surface area contributed by atoms with Crippen LogP contribution in [0.25, 0.3) is 0 Å². The molecule has 22 heavy (non-hydrogen) atoms. The molecule has 0 saturated carbocycles. The Labute approximate surface area is 127 Å². The molecular weight excluding hydrogens is 297 g/mol. The van der Waals surface area contributed by atoms with Crippen LogP contribution in [0.15, 0.2) is 24.3 Å². The van der Waals surface area contributed by atoms with Crippen LogP contribution in [-0.4, -0.2) is 35.7 Å². The van der Waals surface area contributed by atoms with Gasteiger partial charge in [0, 0.05) is 19.7 Å². The standard InChI is InChI=1S/C15H21F3N2O2/c1-2-3-9-20(10-6-11-21)14(22)19-13-8-5-4-7-12(13)15(16,17)18/h4-5,7-8,21H,2-3,6,9-11H2,1H3,(H,19,22). The molecule has 0 saturated heterocycles. The fourth-order valence-electron chi connectivity index (χ4n) is 1.96. The third kappa shape index (κ3) is 5.55. The van der Waals surface area contributed by atoms with Gasteiger partial charge in [-0.05, 0) is 25.0 Å². The van der Waals surface area contributed by atoms with Crippen molar-refractivity contribution in [3.8, 4) is 0 Å². The molecule has 1 rings (SSSR count). The van der Waals surface area contributed by atoms with Crippen LogP contribution in [0, 0.1) is 0 Å². The molecule has 124 valence electrons. The van der Waals surface area contributed by atoms with Gasteiger partial charge in [0.25, 0.3) is 0 Å². The van der Waals surface area contributed by atoms with Crippen molar-refractivity contribution in [2.24, 2.45) is 0 Å². The fraction of sp³-hybridized carbons (Fsp3) is 0.533. The molecule has 2 amide bonds. The maximum absolute atomic E-state index is 12.9. The maximum Gasteiger partial charge on any atom is 0.418 e. The van der Waals surface area contributed by atoms with Crippen molar-refractivity contribution in [3.05, 3.63) is 29.8 Å². The maximum atomic E-state index is 12.9. The van der Waals surface area contributed by atoms with Gasteiger partial charge in [0.05, 0.1) is 11.3 Å². The second kappa shape index (κ2) is 8.63. The zero-order valence-electron chi connectivity index (χ0n) is 12.5. The molecule has 0 bridgehead atoms. The highest BCUT2D eigenvalue weighted by atomic mass is 19.4. The zero-order chi connectivity index (χ0) is 16.6. The average molecular weight is 318 g/mol. The van der Waals surface area contributed by atoms with Crippen LogP contribution < -0.4 is 5.32 Å². The van der Waals surface area contributed by atoms with E-state index in [0.29, 0.717) is 19.5 Å². The average Bonchev–Trinajstić information content (AvgIpc) is 2.46. The number of amides is 2. The summed E-state index contributed by atoms with van der Waals surface area (Å²) in [7, 11) is 0. The van der Waals surface area contributed by atoms with Crippen molar-refractivity contribution in [2.75, 3.05) is 25.0 Å². The Morgan fingerprint density at radius 3 is 2.45 bits per heavy atom. The van der Waals surface area contributed by atoms with Crippen molar-refractivity contribution in [1.82, 2.24) is 4.90 Å². The van der Waals surface area contributed by atoms with E-state index >= 15 is 0 Å². The quantitative estimate of drug-likeness (QED) is 0.805. The number of hydrogen-bond acceptors (Lipinski definition) is 2. The van der Waals surface area contributed by atoms with Gasteiger partial charge >= 0.3 is 12.2 Å². The number of para-hydroxylation sites is 1. The summed E-state index contributed by atoms with van der Waals surface area (Å²) in [6, 6.07) is 4.29. The van der Waals surface area contributed by atoms with Crippen LogP contribution in [0.4, 0.5) is 23.7 Å². The molecule has 0 aliphatic carbocycles.